The third kappa shape index (κ3) is 2.27. The molecule has 0 saturated carbocycles. The third-order valence-electron chi connectivity index (χ3n) is 2.56. The molecule has 3 rings (SSSR count). The molecule has 6 heteroatoms. The van der Waals surface area contributed by atoms with Crippen molar-refractivity contribution in [2.24, 2.45) is 0 Å². The highest BCUT2D eigenvalue weighted by atomic mass is 35.5. The molecule has 0 amide bonds. The average Bonchev–Trinajstić information content (AvgIpc) is 3.02. The van der Waals surface area contributed by atoms with Gasteiger partial charge in [0, 0.05) is 23.3 Å². The number of rotatable bonds is 3. The molecule has 1 aromatic carbocycles. The number of nitrogens with zero attached hydrogens (tertiary/aromatic N) is 4. The first-order chi connectivity index (χ1) is 8.83. The maximum atomic E-state index is 5.97. The van der Waals surface area contributed by atoms with Crippen LogP contribution in [0.15, 0.2) is 42.7 Å². The quantitative estimate of drug-likeness (QED) is 0.738. The van der Waals surface area contributed by atoms with Crippen molar-refractivity contribution < 1.29 is 0 Å². The van der Waals surface area contributed by atoms with E-state index in [0.29, 0.717) is 10.9 Å². The standard InChI is InChI=1S/C12H9ClN4S/c13-12-11(15-16-18-12)8-17-7-10(6-14-17)9-4-2-1-3-5-9/h1-7H,8H2. The van der Waals surface area contributed by atoms with Crippen molar-refractivity contribution in [3.63, 3.8) is 0 Å². The molecule has 0 N–H and O–H groups in total. The Balaban J connectivity index is 1.84. The molecule has 0 fully saturated rings. The minimum atomic E-state index is 0.544. The van der Waals surface area contributed by atoms with E-state index < -0.39 is 0 Å². The van der Waals surface area contributed by atoms with Crippen LogP contribution in [-0.4, -0.2) is 19.4 Å². The van der Waals surface area contributed by atoms with E-state index in [2.05, 4.69) is 26.8 Å². The van der Waals surface area contributed by atoms with E-state index in [1.165, 1.54) is 11.5 Å². The lowest BCUT2D eigenvalue weighted by Gasteiger charge is -1.97. The summed E-state index contributed by atoms with van der Waals surface area (Å²) < 4.78 is 6.23. The zero-order valence-electron chi connectivity index (χ0n) is 9.32. The predicted molar refractivity (Wildman–Crippen MR) is 71.7 cm³/mol. The maximum Gasteiger partial charge on any atom is 0.139 e. The Hall–Kier alpha value is -1.72. The van der Waals surface area contributed by atoms with Gasteiger partial charge in [-0.2, -0.15) is 5.10 Å². The number of hydrogen-bond acceptors (Lipinski definition) is 4. The third-order valence-corrected chi connectivity index (χ3v) is 3.55. The number of halogens is 1. The fourth-order valence-corrected chi connectivity index (χ4v) is 2.29. The van der Waals surface area contributed by atoms with Crippen LogP contribution < -0.4 is 0 Å². The summed E-state index contributed by atoms with van der Waals surface area (Å²) in [4.78, 5) is 0. The van der Waals surface area contributed by atoms with Gasteiger partial charge in [-0.05, 0) is 5.56 Å². The first kappa shape index (κ1) is 11.4. The van der Waals surface area contributed by atoms with Gasteiger partial charge in [0.05, 0.1) is 12.7 Å². The van der Waals surface area contributed by atoms with E-state index in [4.69, 9.17) is 11.6 Å². The zero-order chi connectivity index (χ0) is 12.4. The summed E-state index contributed by atoms with van der Waals surface area (Å²) in [6, 6.07) is 10.1. The van der Waals surface area contributed by atoms with Crippen LogP contribution in [-0.2, 0) is 6.54 Å². The molecule has 3 aromatic rings. The molecular formula is C12H9ClN4S. The van der Waals surface area contributed by atoms with Gasteiger partial charge in [0.1, 0.15) is 10.0 Å². The van der Waals surface area contributed by atoms with Crippen LogP contribution in [0.5, 0.6) is 0 Å². The Morgan fingerprint density at radius 3 is 2.72 bits per heavy atom. The Morgan fingerprint density at radius 2 is 2.00 bits per heavy atom. The van der Waals surface area contributed by atoms with Crippen molar-refractivity contribution in [3.8, 4) is 11.1 Å². The monoisotopic (exact) mass is 276 g/mol. The molecule has 0 aliphatic rings. The van der Waals surface area contributed by atoms with Gasteiger partial charge in [-0.1, -0.05) is 46.4 Å². The molecule has 0 saturated heterocycles. The summed E-state index contributed by atoms with van der Waals surface area (Å²) in [7, 11) is 0. The van der Waals surface area contributed by atoms with Gasteiger partial charge in [-0.25, -0.2) is 0 Å². The Morgan fingerprint density at radius 1 is 1.17 bits per heavy atom. The van der Waals surface area contributed by atoms with Gasteiger partial charge in [0.2, 0.25) is 0 Å². The van der Waals surface area contributed by atoms with Crippen molar-refractivity contribution in [1.82, 2.24) is 19.4 Å². The summed E-state index contributed by atoms with van der Waals surface area (Å²) in [5.41, 5.74) is 2.98. The van der Waals surface area contributed by atoms with E-state index in [1.807, 2.05) is 35.3 Å². The first-order valence-corrected chi connectivity index (χ1v) is 6.52. The number of benzene rings is 1. The molecule has 2 aromatic heterocycles. The molecule has 4 nitrogen and oxygen atoms in total. The summed E-state index contributed by atoms with van der Waals surface area (Å²) in [5.74, 6) is 0. The van der Waals surface area contributed by atoms with Crippen molar-refractivity contribution in [3.05, 3.63) is 52.8 Å². The molecule has 18 heavy (non-hydrogen) atoms. The van der Waals surface area contributed by atoms with Gasteiger partial charge in [-0.3, -0.25) is 4.68 Å². The molecule has 0 bridgehead atoms. The predicted octanol–water partition coefficient (Wildman–Crippen LogP) is 3.10. The second-order valence-electron chi connectivity index (χ2n) is 3.79. The van der Waals surface area contributed by atoms with Gasteiger partial charge >= 0.3 is 0 Å². The highest BCUT2D eigenvalue weighted by molar-refractivity contribution is 7.10. The molecule has 0 aliphatic carbocycles. The van der Waals surface area contributed by atoms with E-state index in [9.17, 15) is 0 Å². The van der Waals surface area contributed by atoms with Gasteiger partial charge in [0.15, 0.2) is 0 Å². The lowest BCUT2D eigenvalue weighted by atomic mass is 10.1. The van der Waals surface area contributed by atoms with Gasteiger partial charge < -0.3 is 0 Å². The lowest BCUT2D eigenvalue weighted by Crippen LogP contribution is -2.00. The van der Waals surface area contributed by atoms with Crippen LogP contribution in [0.4, 0.5) is 0 Å². The van der Waals surface area contributed by atoms with Crippen LogP contribution >= 0.6 is 23.1 Å². The zero-order valence-corrected chi connectivity index (χ0v) is 10.9. The molecule has 0 unspecified atom stereocenters. The molecular weight excluding hydrogens is 268 g/mol. The van der Waals surface area contributed by atoms with Crippen molar-refractivity contribution in [2.75, 3.05) is 0 Å². The van der Waals surface area contributed by atoms with Crippen molar-refractivity contribution in [1.29, 1.82) is 0 Å². The second-order valence-corrected chi connectivity index (χ2v) is 5.14. The van der Waals surface area contributed by atoms with E-state index in [-0.39, 0.29) is 0 Å². The van der Waals surface area contributed by atoms with Crippen LogP contribution in [0.2, 0.25) is 4.34 Å². The van der Waals surface area contributed by atoms with E-state index >= 15 is 0 Å². The summed E-state index contributed by atoms with van der Waals surface area (Å²) in [5, 5.41) is 8.27. The SMILES string of the molecule is Clc1snnc1Cn1cc(-c2ccccc2)cn1. The smallest absolute Gasteiger partial charge is 0.139 e. The summed E-state index contributed by atoms with van der Waals surface area (Å²) >= 11 is 7.16. The Kier molecular flexibility index (Phi) is 3.08. The minimum absolute atomic E-state index is 0.544. The van der Waals surface area contributed by atoms with Crippen LogP contribution in [0, 0.1) is 0 Å². The van der Waals surface area contributed by atoms with E-state index in [0.717, 1.165) is 16.8 Å². The molecule has 0 atom stereocenters. The van der Waals surface area contributed by atoms with Crippen LogP contribution in [0.1, 0.15) is 5.69 Å². The molecule has 0 radical (unpaired) electrons. The largest absolute Gasteiger partial charge is 0.266 e. The van der Waals surface area contributed by atoms with Crippen LogP contribution in [0.25, 0.3) is 11.1 Å². The molecule has 90 valence electrons. The topological polar surface area (TPSA) is 43.6 Å². The molecule has 0 aliphatic heterocycles. The first-order valence-electron chi connectivity index (χ1n) is 5.37. The van der Waals surface area contributed by atoms with Gasteiger partial charge in [0.25, 0.3) is 0 Å². The Bertz CT molecular complexity index is 647. The fraction of sp³-hybridized carbons (Fsp3) is 0.0833. The maximum absolute atomic E-state index is 5.97. The number of aromatic nitrogens is 4. The fourth-order valence-electron chi connectivity index (χ4n) is 1.67. The normalized spacial score (nSPS) is 10.7. The Labute approximate surface area is 113 Å². The number of hydrogen-bond donors (Lipinski definition) is 0. The van der Waals surface area contributed by atoms with Crippen LogP contribution in [0.3, 0.4) is 0 Å². The second kappa shape index (κ2) is 4.88. The summed E-state index contributed by atoms with van der Waals surface area (Å²) in [6.45, 7) is 0.544. The highest BCUT2D eigenvalue weighted by Gasteiger charge is 2.07. The van der Waals surface area contributed by atoms with E-state index in [1.54, 1.807) is 0 Å². The minimum Gasteiger partial charge on any atom is -0.266 e. The molecule has 0 spiro atoms. The molecule has 2 heterocycles. The van der Waals surface area contributed by atoms with Gasteiger partial charge in [-0.15, -0.1) is 5.10 Å². The average molecular weight is 277 g/mol. The van der Waals surface area contributed by atoms with Crippen molar-refractivity contribution in [2.45, 2.75) is 6.54 Å². The summed E-state index contributed by atoms with van der Waals surface area (Å²) in [6.07, 6.45) is 3.81. The lowest BCUT2D eigenvalue weighted by molar-refractivity contribution is 0.671. The highest BCUT2D eigenvalue weighted by Crippen LogP contribution is 2.20. The van der Waals surface area contributed by atoms with Crippen molar-refractivity contribution >= 4 is 23.1 Å².